The molecule has 0 radical (unpaired) electrons. The van der Waals surface area contributed by atoms with Crippen LogP contribution in [0.1, 0.15) is 34.6 Å². The van der Waals surface area contributed by atoms with Crippen LogP contribution in [0.25, 0.3) is 0 Å². The second-order valence-electron chi connectivity index (χ2n) is 7.37. The Kier molecular flexibility index (Phi) is 9.80. The number of hydrogen-bond donors (Lipinski definition) is 0. The molecule has 7 nitrogen and oxygen atoms in total. The first kappa shape index (κ1) is 24.3. The number of rotatable bonds is 9. The van der Waals surface area contributed by atoms with Gasteiger partial charge in [-0.2, -0.15) is 0 Å². The van der Waals surface area contributed by atoms with E-state index < -0.39 is 31.7 Å². The highest BCUT2D eigenvalue weighted by Crippen LogP contribution is 2.36. The average Bonchev–Trinajstić information content (AvgIpc) is 2.51. The molecule has 0 aromatic heterocycles. The van der Waals surface area contributed by atoms with Crippen LogP contribution >= 0.6 is 0 Å². The molecule has 0 saturated carbocycles. The Morgan fingerprint density at radius 2 is 1.46 bits per heavy atom. The fraction of sp³-hybridized carbons (Fsp3) is 0.722. The molecule has 0 bridgehead atoms. The van der Waals surface area contributed by atoms with Crippen LogP contribution in [-0.2, 0) is 28.3 Å². The number of ether oxygens (including phenoxy) is 2. The minimum atomic E-state index is -1.90. The van der Waals surface area contributed by atoms with Crippen LogP contribution in [0.15, 0.2) is 11.6 Å². The van der Waals surface area contributed by atoms with E-state index in [-0.39, 0.29) is 18.3 Å². The standard InChI is InChI=1S/C18H33NO6Si/c1-9-23-16(21)14(17(22)24-10-2)13-15(20)19(6)11-12-25-26(7,8)18(3,4)5/h13H,9-12H2,1-8H3. The smallest absolute Gasteiger partial charge is 0.345 e. The summed E-state index contributed by atoms with van der Waals surface area (Å²) in [4.78, 5) is 37.5. The average molecular weight is 388 g/mol. The van der Waals surface area contributed by atoms with Gasteiger partial charge >= 0.3 is 11.9 Å². The summed E-state index contributed by atoms with van der Waals surface area (Å²) in [5, 5.41) is 0.0798. The summed E-state index contributed by atoms with van der Waals surface area (Å²) in [5.74, 6) is -2.23. The van der Waals surface area contributed by atoms with Gasteiger partial charge in [0.05, 0.1) is 19.8 Å². The van der Waals surface area contributed by atoms with Crippen LogP contribution in [0.5, 0.6) is 0 Å². The molecular formula is C18H33NO6Si. The van der Waals surface area contributed by atoms with Crippen molar-refractivity contribution in [3.63, 3.8) is 0 Å². The van der Waals surface area contributed by atoms with Gasteiger partial charge in [0, 0.05) is 19.7 Å². The van der Waals surface area contributed by atoms with Gasteiger partial charge in [-0.15, -0.1) is 0 Å². The molecule has 1 amide bonds. The number of likely N-dealkylation sites (N-methyl/N-ethyl adjacent to an activating group) is 1. The van der Waals surface area contributed by atoms with E-state index in [4.69, 9.17) is 13.9 Å². The molecule has 0 fully saturated rings. The van der Waals surface area contributed by atoms with Crippen LogP contribution < -0.4 is 0 Å². The topological polar surface area (TPSA) is 82.1 Å². The summed E-state index contributed by atoms with van der Waals surface area (Å²) in [5.41, 5.74) is -0.407. The summed E-state index contributed by atoms with van der Waals surface area (Å²) in [6, 6.07) is 0. The first-order valence-electron chi connectivity index (χ1n) is 8.82. The number of carbonyl (C=O) groups excluding carboxylic acids is 3. The quantitative estimate of drug-likeness (QED) is 0.199. The molecule has 0 aliphatic rings. The highest BCUT2D eigenvalue weighted by Gasteiger charge is 2.37. The minimum absolute atomic E-state index is 0.0798. The van der Waals surface area contributed by atoms with Gasteiger partial charge in [-0.3, -0.25) is 4.79 Å². The van der Waals surface area contributed by atoms with Crippen molar-refractivity contribution < 1.29 is 28.3 Å². The molecule has 0 spiro atoms. The monoisotopic (exact) mass is 387 g/mol. The molecule has 0 N–H and O–H groups in total. The molecular weight excluding hydrogens is 354 g/mol. The van der Waals surface area contributed by atoms with E-state index in [9.17, 15) is 14.4 Å². The van der Waals surface area contributed by atoms with E-state index in [1.807, 2.05) is 0 Å². The number of amides is 1. The van der Waals surface area contributed by atoms with Gasteiger partial charge in [0.1, 0.15) is 5.57 Å². The zero-order valence-corrected chi connectivity index (χ0v) is 18.3. The third-order valence-electron chi connectivity index (χ3n) is 4.33. The van der Waals surface area contributed by atoms with E-state index in [0.29, 0.717) is 13.2 Å². The van der Waals surface area contributed by atoms with Gasteiger partial charge in [0.15, 0.2) is 8.32 Å². The molecule has 8 heteroatoms. The van der Waals surface area contributed by atoms with E-state index in [1.165, 1.54) is 4.90 Å². The summed E-state index contributed by atoms with van der Waals surface area (Å²) in [6.45, 7) is 14.9. The molecule has 0 aromatic carbocycles. The molecule has 0 saturated heterocycles. The SMILES string of the molecule is CCOC(=O)C(=CC(=O)N(C)CCO[Si](C)(C)C(C)(C)C)C(=O)OCC. The Balaban J connectivity index is 4.98. The third kappa shape index (κ3) is 7.70. The summed E-state index contributed by atoms with van der Waals surface area (Å²) >= 11 is 0. The van der Waals surface area contributed by atoms with Gasteiger partial charge in [-0.05, 0) is 32.0 Å². The number of nitrogens with zero attached hydrogens (tertiary/aromatic N) is 1. The number of carbonyl (C=O) groups is 3. The highest BCUT2D eigenvalue weighted by atomic mass is 28.4. The predicted molar refractivity (Wildman–Crippen MR) is 102 cm³/mol. The van der Waals surface area contributed by atoms with Gasteiger partial charge in [-0.1, -0.05) is 20.8 Å². The van der Waals surface area contributed by atoms with E-state index in [0.717, 1.165) is 6.08 Å². The lowest BCUT2D eigenvalue weighted by Gasteiger charge is -2.36. The maximum absolute atomic E-state index is 12.3. The first-order chi connectivity index (χ1) is 11.9. The lowest BCUT2D eigenvalue weighted by atomic mass is 10.2. The van der Waals surface area contributed by atoms with Crippen LogP contribution in [0, 0.1) is 0 Å². The van der Waals surface area contributed by atoms with E-state index in [1.54, 1.807) is 20.9 Å². The number of esters is 2. The van der Waals surface area contributed by atoms with Crippen molar-refractivity contribution in [3.8, 4) is 0 Å². The normalized spacial score (nSPS) is 11.5. The van der Waals surface area contributed by atoms with Crippen molar-refractivity contribution in [1.82, 2.24) is 4.90 Å². The van der Waals surface area contributed by atoms with Gasteiger partial charge in [0.2, 0.25) is 5.91 Å². The summed E-state index contributed by atoms with van der Waals surface area (Å²) in [7, 11) is -0.312. The third-order valence-corrected chi connectivity index (χ3v) is 8.87. The highest BCUT2D eigenvalue weighted by molar-refractivity contribution is 6.74. The Hall–Kier alpha value is -1.67. The maximum Gasteiger partial charge on any atom is 0.345 e. The Labute approximate surface area is 157 Å². The zero-order chi connectivity index (χ0) is 20.5. The molecule has 0 unspecified atom stereocenters. The van der Waals surface area contributed by atoms with Crippen molar-refractivity contribution >= 4 is 26.2 Å². The van der Waals surface area contributed by atoms with Crippen molar-refractivity contribution in [2.75, 3.05) is 33.4 Å². The van der Waals surface area contributed by atoms with Gasteiger partial charge in [-0.25, -0.2) is 9.59 Å². The first-order valence-corrected chi connectivity index (χ1v) is 11.7. The minimum Gasteiger partial charge on any atom is -0.462 e. The lowest BCUT2D eigenvalue weighted by molar-refractivity contribution is -0.147. The molecule has 0 aliphatic heterocycles. The maximum atomic E-state index is 12.3. The largest absolute Gasteiger partial charge is 0.462 e. The molecule has 150 valence electrons. The molecule has 0 atom stereocenters. The lowest BCUT2D eigenvalue weighted by Crippen LogP contribution is -2.43. The second kappa shape index (κ2) is 10.5. The van der Waals surface area contributed by atoms with Crippen LogP contribution in [0.2, 0.25) is 18.1 Å². The van der Waals surface area contributed by atoms with Crippen molar-refractivity contribution in [2.45, 2.75) is 52.8 Å². The van der Waals surface area contributed by atoms with Crippen LogP contribution in [-0.4, -0.2) is 64.5 Å². The number of hydrogen-bond acceptors (Lipinski definition) is 6. The van der Waals surface area contributed by atoms with Crippen LogP contribution in [0.3, 0.4) is 0 Å². The molecule has 0 aliphatic carbocycles. The van der Waals surface area contributed by atoms with Crippen molar-refractivity contribution in [2.24, 2.45) is 0 Å². The zero-order valence-electron chi connectivity index (χ0n) is 17.3. The summed E-state index contributed by atoms with van der Waals surface area (Å²) in [6.07, 6.45) is 0.961. The Morgan fingerprint density at radius 1 is 1.00 bits per heavy atom. The van der Waals surface area contributed by atoms with Gasteiger partial charge < -0.3 is 18.8 Å². The molecule has 0 rings (SSSR count). The van der Waals surface area contributed by atoms with E-state index in [2.05, 4.69) is 33.9 Å². The van der Waals surface area contributed by atoms with Crippen molar-refractivity contribution in [3.05, 3.63) is 11.6 Å². The molecule has 0 aromatic rings. The Morgan fingerprint density at radius 3 is 1.85 bits per heavy atom. The van der Waals surface area contributed by atoms with Gasteiger partial charge in [0.25, 0.3) is 0 Å². The van der Waals surface area contributed by atoms with Crippen LogP contribution in [0.4, 0.5) is 0 Å². The predicted octanol–water partition coefficient (Wildman–Crippen LogP) is 2.52. The van der Waals surface area contributed by atoms with E-state index >= 15 is 0 Å². The Bertz CT molecular complexity index is 516. The fourth-order valence-corrected chi connectivity index (χ4v) is 2.65. The molecule has 0 heterocycles. The molecule has 26 heavy (non-hydrogen) atoms. The van der Waals surface area contributed by atoms with Crippen molar-refractivity contribution in [1.29, 1.82) is 0 Å². The summed E-state index contributed by atoms with van der Waals surface area (Å²) < 4.78 is 15.7. The second-order valence-corrected chi connectivity index (χ2v) is 12.2. The fourth-order valence-electron chi connectivity index (χ4n) is 1.62.